The first-order valence-corrected chi connectivity index (χ1v) is 9.78. The third kappa shape index (κ3) is 5.62. The first-order chi connectivity index (χ1) is 12.7. The van der Waals surface area contributed by atoms with E-state index in [0.717, 1.165) is 18.2 Å². The largest absolute Gasteiger partial charge is 0.573 e. The highest BCUT2D eigenvalue weighted by Crippen LogP contribution is 2.33. The van der Waals surface area contributed by atoms with E-state index in [-0.39, 0.29) is 16.1 Å². The van der Waals surface area contributed by atoms with Crippen molar-refractivity contribution in [3.8, 4) is 5.75 Å². The van der Waals surface area contributed by atoms with E-state index in [1.165, 1.54) is 24.3 Å². The van der Waals surface area contributed by atoms with Crippen molar-refractivity contribution in [1.29, 1.82) is 0 Å². The van der Waals surface area contributed by atoms with Crippen LogP contribution in [0.4, 0.5) is 18.9 Å². The number of anilines is 1. The van der Waals surface area contributed by atoms with Crippen LogP contribution in [0.3, 0.4) is 0 Å². The lowest BCUT2D eigenvalue weighted by Crippen LogP contribution is -2.23. The molecule has 152 valence electrons. The second kappa shape index (κ2) is 7.63. The molecule has 0 heterocycles. The van der Waals surface area contributed by atoms with Crippen molar-refractivity contribution in [2.45, 2.75) is 32.0 Å². The van der Waals surface area contributed by atoms with Crippen LogP contribution in [0.15, 0.2) is 47.4 Å². The fourth-order valence-electron chi connectivity index (χ4n) is 2.22. The number of carbonyl (C=O) groups excluding carboxylic acids is 1. The molecule has 10 heteroatoms. The van der Waals surface area contributed by atoms with E-state index < -0.39 is 33.3 Å². The van der Waals surface area contributed by atoms with Gasteiger partial charge in [-0.25, -0.2) is 8.42 Å². The second-order valence-electron chi connectivity index (χ2n) is 6.89. The SMILES string of the molecule is CC(C)(C)C(=O)c1ccc(OC(F)(F)F)cc1NS(=O)(=O)c1ccc(Cl)cc1. The number of ketones is 1. The average molecular weight is 436 g/mol. The van der Waals surface area contributed by atoms with Gasteiger partial charge >= 0.3 is 6.36 Å². The van der Waals surface area contributed by atoms with Gasteiger partial charge in [0.1, 0.15) is 5.75 Å². The average Bonchev–Trinajstić information content (AvgIpc) is 2.52. The van der Waals surface area contributed by atoms with Gasteiger partial charge in [-0.05, 0) is 36.4 Å². The summed E-state index contributed by atoms with van der Waals surface area (Å²) >= 11 is 5.74. The molecule has 2 aromatic rings. The molecule has 0 radical (unpaired) electrons. The van der Waals surface area contributed by atoms with Crippen LogP contribution in [0.1, 0.15) is 31.1 Å². The summed E-state index contributed by atoms with van der Waals surface area (Å²) < 4.78 is 68.8. The Morgan fingerprint density at radius 2 is 1.61 bits per heavy atom. The monoisotopic (exact) mass is 435 g/mol. The van der Waals surface area contributed by atoms with E-state index in [9.17, 15) is 26.4 Å². The van der Waals surface area contributed by atoms with Gasteiger partial charge in [0.05, 0.1) is 10.6 Å². The molecule has 0 atom stereocenters. The molecule has 0 unspecified atom stereocenters. The van der Waals surface area contributed by atoms with E-state index in [2.05, 4.69) is 9.46 Å². The molecule has 2 aromatic carbocycles. The number of nitrogens with one attached hydrogen (secondary N) is 1. The molecular weight excluding hydrogens is 419 g/mol. The van der Waals surface area contributed by atoms with Crippen LogP contribution in [0, 0.1) is 5.41 Å². The van der Waals surface area contributed by atoms with Gasteiger partial charge in [0.15, 0.2) is 5.78 Å². The molecular formula is C18H17ClF3NO4S. The van der Waals surface area contributed by atoms with Gasteiger partial charge in [-0.15, -0.1) is 13.2 Å². The summed E-state index contributed by atoms with van der Waals surface area (Å²) in [6.45, 7) is 4.81. The van der Waals surface area contributed by atoms with E-state index in [4.69, 9.17) is 11.6 Å². The molecule has 0 saturated heterocycles. The Morgan fingerprint density at radius 3 is 2.11 bits per heavy atom. The summed E-state index contributed by atoms with van der Waals surface area (Å²) in [4.78, 5) is 12.5. The predicted molar refractivity (Wildman–Crippen MR) is 99.2 cm³/mol. The minimum Gasteiger partial charge on any atom is -0.406 e. The summed E-state index contributed by atoms with van der Waals surface area (Å²) in [5, 5.41) is 0.308. The zero-order valence-electron chi connectivity index (χ0n) is 15.1. The minimum absolute atomic E-state index is 0.0837. The Kier molecular flexibility index (Phi) is 6.01. The van der Waals surface area contributed by atoms with Gasteiger partial charge in [-0.3, -0.25) is 9.52 Å². The molecule has 2 rings (SSSR count). The second-order valence-corrected chi connectivity index (χ2v) is 9.01. The van der Waals surface area contributed by atoms with Crippen LogP contribution >= 0.6 is 11.6 Å². The summed E-state index contributed by atoms with van der Waals surface area (Å²) in [7, 11) is -4.19. The molecule has 0 saturated carbocycles. The van der Waals surface area contributed by atoms with E-state index in [1.54, 1.807) is 20.8 Å². The highest BCUT2D eigenvalue weighted by Gasteiger charge is 2.32. The summed E-state index contributed by atoms with van der Waals surface area (Å²) in [5.41, 5.74) is -1.30. The lowest BCUT2D eigenvalue weighted by molar-refractivity contribution is -0.274. The smallest absolute Gasteiger partial charge is 0.406 e. The molecule has 0 bridgehead atoms. The molecule has 0 spiro atoms. The number of halogens is 4. The maximum absolute atomic E-state index is 12.6. The number of sulfonamides is 1. The summed E-state index contributed by atoms with van der Waals surface area (Å²) in [5.74, 6) is -1.12. The first kappa shape index (κ1) is 22.0. The Hall–Kier alpha value is -2.26. The van der Waals surface area contributed by atoms with Crippen molar-refractivity contribution in [2.75, 3.05) is 4.72 Å². The number of benzene rings is 2. The van der Waals surface area contributed by atoms with Crippen molar-refractivity contribution in [2.24, 2.45) is 5.41 Å². The van der Waals surface area contributed by atoms with Gasteiger partial charge in [0.25, 0.3) is 10.0 Å². The normalized spacial score (nSPS) is 12.5. The quantitative estimate of drug-likeness (QED) is 0.649. The summed E-state index contributed by atoms with van der Waals surface area (Å²) in [6.07, 6.45) is -4.97. The minimum atomic E-state index is -4.97. The number of ether oxygens (including phenoxy) is 1. The summed E-state index contributed by atoms with van der Waals surface area (Å²) in [6, 6.07) is 8.01. The predicted octanol–water partition coefficient (Wildman–Crippen LogP) is 5.27. The Labute approximate surface area is 165 Å². The highest BCUT2D eigenvalue weighted by atomic mass is 35.5. The van der Waals surface area contributed by atoms with E-state index in [1.807, 2.05) is 0 Å². The molecule has 0 aliphatic rings. The third-order valence-electron chi connectivity index (χ3n) is 3.52. The number of carbonyl (C=O) groups is 1. The number of Topliss-reactive ketones (excluding diaryl/α,β-unsaturated/α-hetero) is 1. The third-order valence-corrected chi connectivity index (χ3v) is 5.15. The van der Waals surface area contributed by atoms with Crippen LogP contribution in [0.25, 0.3) is 0 Å². The molecule has 5 nitrogen and oxygen atoms in total. The van der Waals surface area contributed by atoms with Gasteiger partial charge < -0.3 is 4.74 Å². The lowest BCUT2D eigenvalue weighted by atomic mass is 9.86. The van der Waals surface area contributed by atoms with E-state index >= 15 is 0 Å². The maximum atomic E-state index is 12.6. The maximum Gasteiger partial charge on any atom is 0.573 e. The molecule has 0 aromatic heterocycles. The van der Waals surface area contributed by atoms with Crippen molar-refractivity contribution in [3.63, 3.8) is 0 Å². The fraction of sp³-hybridized carbons (Fsp3) is 0.278. The topological polar surface area (TPSA) is 72.5 Å². The van der Waals surface area contributed by atoms with Crippen molar-refractivity contribution >= 4 is 33.1 Å². The number of hydrogen-bond acceptors (Lipinski definition) is 4. The number of hydrogen-bond donors (Lipinski definition) is 1. The van der Waals surface area contributed by atoms with Crippen molar-refractivity contribution in [3.05, 3.63) is 53.1 Å². The lowest BCUT2D eigenvalue weighted by Gasteiger charge is -2.20. The number of alkyl halides is 3. The number of rotatable bonds is 5. The molecule has 0 aliphatic heterocycles. The van der Waals surface area contributed by atoms with Crippen molar-refractivity contribution < 1.29 is 31.1 Å². The van der Waals surface area contributed by atoms with Crippen LogP contribution in [-0.2, 0) is 10.0 Å². The Morgan fingerprint density at radius 1 is 1.04 bits per heavy atom. The van der Waals surface area contributed by atoms with Crippen LogP contribution in [0.2, 0.25) is 5.02 Å². The van der Waals surface area contributed by atoms with Gasteiger partial charge in [-0.1, -0.05) is 32.4 Å². The van der Waals surface area contributed by atoms with Gasteiger partial charge in [0, 0.05) is 22.1 Å². The van der Waals surface area contributed by atoms with Gasteiger partial charge in [0.2, 0.25) is 0 Å². The Bertz CT molecular complexity index is 981. The molecule has 28 heavy (non-hydrogen) atoms. The molecule has 0 fully saturated rings. The zero-order chi connectivity index (χ0) is 21.3. The van der Waals surface area contributed by atoms with E-state index in [0.29, 0.717) is 5.02 Å². The first-order valence-electron chi connectivity index (χ1n) is 7.92. The van der Waals surface area contributed by atoms with Crippen LogP contribution < -0.4 is 9.46 Å². The van der Waals surface area contributed by atoms with Gasteiger partial charge in [-0.2, -0.15) is 0 Å². The molecule has 0 aliphatic carbocycles. The highest BCUT2D eigenvalue weighted by molar-refractivity contribution is 7.92. The fourth-order valence-corrected chi connectivity index (χ4v) is 3.42. The molecule has 0 amide bonds. The van der Waals surface area contributed by atoms with Crippen LogP contribution in [-0.4, -0.2) is 20.6 Å². The van der Waals surface area contributed by atoms with Crippen molar-refractivity contribution in [1.82, 2.24) is 0 Å². The Balaban J connectivity index is 2.53. The zero-order valence-corrected chi connectivity index (χ0v) is 16.7. The molecule has 1 N–H and O–H groups in total. The standard InChI is InChI=1S/C18H17ClF3NO4S/c1-17(2,3)16(24)14-9-6-12(27-18(20,21)22)10-15(14)23-28(25,26)13-7-4-11(19)5-8-13/h4-10,23H,1-3H3. The van der Waals surface area contributed by atoms with Crippen LogP contribution in [0.5, 0.6) is 5.75 Å².